The lowest BCUT2D eigenvalue weighted by Crippen LogP contribution is -2.45. The molecular weight excluding hydrogens is 359 g/mol. The number of hydrogen-bond acceptors (Lipinski definition) is 4. The van der Waals surface area contributed by atoms with Gasteiger partial charge in [0.15, 0.2) is 11.5 Å². The van der Waals surface area contributed by atoms with Crippen molar-refractivity contribution in [1.29, 1.82) is 0 Å². The van der Waals surface area contributed by atoms with Crippen molar-refractivity contribution in [1.82, 2.24) is 10.2 Å². The van der Waals surface area contributed by atoms with Crippen molar-refractivity contribution >= 4 is 5.91 Å². The van der Waals surface area contributed by atoms with E-state index in [1.54, 1.807) is 0 Å². The number of para-hydroxylation sites is 2. The standard InChI is InChI=1S/C22H25FN2O3/c23-18-7-5-16(6-8-18)14-25-11-9-17(10-12-25)22(26)24-13-19-15-27-20-3-1-2-4-21(20)28-19/h1-8,17,19H,9-15H2,(H,24,26). The quantitative estimate of drug-likeness (QED) is 0.861. The second kappa shape index (κ2) is 8.61. The van der Waals surface area contributed by atoms with Crippen molar-refractivity contribution in [3.8, 4) is 11.5 Å². The van der Waals surface area contributed by atoms with Gasteiger partial charge in [0.1, 0.15) is 18.5 Å². The maximum atomic E-state index is 13.0. The molecule has 1 N–H and O–H groups in total. The van der Waals surface area contributed by atoms with Gasteiger partial charge in [-0.25, -0.2) is 4.39 Å². The van der Waals surface area contributed by atoms with Gasteiger partial charge in [-0.2, -0.15) is 0 Å². The summed E-state index contributed by atoms with van der Waals surface area (Å²) in [6, 6.07) is 14.2. The fourth-order valence-electron chi connectivity index (χ4n) is 3.72. The molecule has 0 aromatic heterocycles. The molecule has 0 spiro atoms. The number of benzene rings is 2. The van der Waals surface area contributed by atoms with E-state index in [1.807, 2.05) is 36.4 Å². The van der Waals surface area contributed by atoms with Crippen LogP contribution in [-0.4, -0.2) is 43.2 Å². The summed E-state index contributed by atoms with van der Waals surface area (Å²) in [6.45, 7) is 3.41. The number of likely N-dealkylation sites (tertiary alicyclic amines) is 1. The highest BCUT2D eigenvalue weighted by molar-refractivity contribution is 5.78. The monoisotopic (exact) mass is 384 g/mol. The van der Waals surface area contributed by atoms with Gasteiger partial charge in [-0.15, -0.1) is 0 Å². The first-order chi connectivity index (χ1) is 13.7. The number of hydrogen-bond donors (Lipinski definition) is 1. The van der Waals surface area contributed by atoms with E-state index >= 15 is 0 Å². The summed E-state index contributed by atoms with van der Waals surface area (Å²) in [5, 5.41) is 3.02. The molecule has 6 heteroatoms. The lowest BCUT2D eigenvalue weighted by atomic mass is 9.95. The number of nitrogens with zero attached hydrogens (tertiary/aromatic N) is 1. The minimum Gasteiger partial charge on any atom is -0.486 e. The van der Waals surface area contributed by atoms with Crippen LogP contribution in [0.2, 0.25) is 0 Å². The van der Waals surface area contributed by atoms with Crippen LogP contribution < -0.4 is 14.8 Å². The van der Waals surface area contributed by atoms with Crippen LogP contribution in [0.25, 0.3) is 0 Å². The molecule has 28 heavy (non-hydrogen) atoms. The van der Waals surface area contributed by atoms with Crippen molar-refractivity contribution in [3.63, 3.8) is 0 Å². The number of nitrogens with one attached hydrogen (secondary N) is 1. The number of halogens is 1. The van der Waals surface area contributed by atoms with Gasteiger partial charge < -0.3 is 14.8 Å². The van der Waals surface area contributed by atoms with Gasteiger partial charge in [-0.05, 0) is 55.8 Å². The Labute approximate surface area is 164 Å². The molecule has 1 fully saturated rings. The van der Waals surface area contributed by atoms with E-state index in [9.17, 15) is 9.18 Å². The van der Waals surface area contributed by atoms with Gasteiger partial charge in [0.2, 0.25) is 5.91 Å². The molecule has 1 saturated heterocycles. The van der Waals surface area contributed by atoms with Gasteiger partial charge in [-0.1, -0.05) is 24.3 Å². The van der Waals surface area contributed by atoms with E-state index in [1.165, 1.54) is 12.1 Å². The van der Waals surface area contributed by atoms with E-state index in [4.69, 9.17) is 9.47 Å². The number of carbonyl (C=O) groups excluding carboxylic acids is 1. The normalized spacial score (nSPS) is 20.0. The molecule has 2 aromatic rings. The molecule has 1 unspecified atom stereocenters. The molecule has 2 aliphatic rings. The zero-order valence-corrected chi connectivity index (χ0v) is 15.8. The van der Waals surface area contributed by atoms with Crippen molar-refractivity contribution < 1.29 is 18.7 Å². The largest absolute Gasteiger partial charge is 0.486 e. The molecule has 0 saturated carbocycles. The molecule has 5 nitrogen and oxygen atoms in total. The average Bonchev–Trinajstić information content (AvgIpc) is 2.74. The summed E-state index contributed by atoms with van der Waals surface area (Å²) in [5.41, 5.74) is 1.10. The molecular formula is C22H25FN2O3. The molecule has 1 atom stereocenters. The lowest BCUT2D eigenvalue weighted by molar-refractivity contribution is -0.127. The van der Waals surface area contributed by atoms with Crippen molar-refractivity contribution in [2.75, 3.05) is 26.2 Å². The summed E-state index contributed by atoms with van der Waals surface area (Å²) in [5.74, 6) is 1.38. The highest BCUT2D eigenvalue weighted by Gasteiger charge is 2.27. The van der Waals surface area contributed by atoms with Crippen LogP contribution in [0.4, 0.5) is 4.39 Å². The molecule has 0 radical (unpaired) electrons. The third kappa shape index (κ3) is 4.62. The van der Waals surface area contributed by atoms with E-state index in [2.05, 4.69) is 10.2 Å². The molecule has 2 aliphatic heterocycles. The number of amides is 1. The van der Waals surface area contributed by atoms with E-state index in [-0.39, 0.29) is 23.7 Å². The molecule has 1 amide bonds. The van der Waals surface area contributed by atoms with Crippen LogP contribution in [-0.2, 0) is 11.3 Å². The number of ether oxygens (including phenoxy) is 2. The zero-order valence-electron chi connectivity index (χ0n) is 15.8. The van der Waals surface area contributed by atoms with Crippen LogP contribution >= 0.6 is 0 Å². The number of piperidine rings is 1. The Morgan fingerprint density at radius 1 is 1.07 bits per heavy atom. The zero-order chi connectivity index (χ0) is 19.3. The van der Waals surface area contributed by atoms with E-state index in [0.717, 1.165) is 49.5 Å². The minimum atomic E-state index is -0.213. The van der Waals surface area contributed by atoms with Crippen LogP contribution in [0.15, 0.2) is 48.5 Å². The predicted molar refractivity (Wildman–Crippen MR) is 104 cm³/mol. The smallest absolute Gasteiger partial charge is 0.223 e. The Morgan fingerprint density at radius 3 is 2.54 bits per heavy atom. The third-order valence-electron chi connectivity index (χ3n) is 5.35. The van der Waals surface area contributed by atoms with Gasteiger partial charge in [-0.3, -0.25) is 9.69 Å². The Balaban J connectivity index is 1.20. The Bertz CT molecular complexity index is 804. The Morgan fingerprint density at radius 2 is 1.79 bits per heavy atom. The first-order valence-corrected chi connectivity index (χ1v) is 9.80. The third-order valence-corrected chi connectivity index (χ3v) is 5.35. The molecule has 148 valence electrons. The molecule has 2 aromatic carbocycles. The summed E-state index contributed by atoms with van der Waals surface area (Å²) in [7, 11) is 0. The van der Waals surface area contributed by atoms with Crippen LogP contribution in [0, 0.1) is 11.7 Å². The predicted octanol–water partition coefficient (Wildman–Crippen LogP) is 2.99. The van der Waals surface area contributed by atoms with Crippen molar-refractivity contribution in [3.05, 3.63) is 59.9 Å². The highest BCUT2D eigenvalue weighted by Crippen LogP contribution is 2.30. The van der Waals surface area contributed by atoms with Crippen molar-refractivity contribution in [2.45, 2.75) is 25.5 Å². The first kappa shape index (κ1) is 18.7. The number of fused-ring (bicyclic) bond motifs is 1. The second-order valence-electron chi connectivity index (χ2n) is 7.42. The maximum Gasteiger partial charge on any atom is 0.223 e. The number of rotatable bonds is 5. The fourth-order valence-corrected chi connectivity index (χ4v) is 3.72. The fraction of sp³-hybridized carbons (Fsp3) is 0.409. The molecule has 0 aliphatic carbocycles. The van der Waals surface area contributed by atoms with Gasteiger partial charge in [0.05, 0.1) is 6.54 Å². The molecule has 2 heterocycles. The van der Waals surface area contributed by atoms with Crippen LogP contribution in [0.5, 0.6) is 11.5 Å². The first-order valence-electron chi connectivity index (χ1n) is 9.80. The number of carbonyl (C=O) groups is 1. The molecule has 4 rings (SSSR count). The van der Waals surface area contributed by atoms with Gasteiger partial charge in [0, 0.05) is 12.5 Å². The van der Waals surface area contributed by atoms with Crippen molar-refractivity contribution in [2.24, 2.45) is 5.92 Å². The summed E-state index contributed by atoms with van der Waals surface area (Å²) >= 11 is 0. The summed E-state index contributed by atoms with van der Waals surface area (Å²) in [6.07, 6.45) is 1.49. The van der Waals surface area contributed by atoms with E-state index in [0.29, 0.717) is 13.2 Å². The van der Waals surface area contributed by atoms with Crippen LogP contribution in [0.3, 0.4) is 0 Å². The Kier molecular flexibility index (Phi) is 5.76. The van der Waals surface area contributed by atoms with Crippen LogP contribution in [0.1, 0.15) is 18.4 Å². The Hall–Kier alpha value is -2.60. The average molecular weight is 384 g/mol. The van der Waals surface area contributed by atoms with Gasteiger partial charge in [0.25, 0.3) is 0 Å². The lowest BCUT2D eigenvalue weighted by Gasteiger charge is -2.32. The van der Waals surface area contributed by atoms with E-state index < -0.39 is 0 Å². The van der Waals surface area contributed by atoms with Gasteiger partial charge >= 0.3 is 0 Å². The topological polar surface area (TPSA) is 50.8 Å². The summed E-state index contributed by atoms with van der Waals surface area (Å²) < 4.78 is 24.6. The molecule has 0 bridgehead atoms. The maximum absolute atomic E-state index is 13.0. The SMILES string of the molecule is O=C(NCC1COc2ccccc2O1)C1CCN(Cc2ccc(F)cc2)CC1. The minimum absolute atomic E-state index is 0.0289. The highest BCUT2D eigenvalue weighted by atomic mass is 19.1. The summed E-state index contributed by atoms with van der Waals surface area (Å²) in [4.78, 5) is 14.8. The second-order valence-corrected chi connectivity index (χ2v) is 7.42.